The molecule has 1 aliphatic heterocycles. The first-order valence-corrected chi connectivity index (χ1v) is 10.6. The third-order valence-corrected chi connectivity index (χ3v) is 6.64. The topological polar surface area (TPSA) is 47.9 Å². The molecule has 2 aliphatic rings. The monoisotopic (exact) mass is 436 g/mol. The normalized spacial score (nSPS) is 28.6. The van der Waals surface area contributed by atoms with Crippen LogP contribution in [-0.2, 0) is 4.74 Å². The third kappa shape index (κ3) is 4.53. The van der Waals surface area contributed by atoms with E-state index < -0.39 is 12.0 Å². The minimum atomic E-state index is -4.75. The van der Waals surface area contributed by atoms with Crippen molar-refractivity contribution in [2.75, 3.05) is 20.3 Å². The van der Waals surface area contributed by atoms with Crippen LogP contribution in [0.15, 0.2) is 48.5 Å². The fourth-order valence-corrected chi connectivity index (χ4v) is 5.47. The van der Waals surface area contributed by atoms with E-state index >= 15 is 0 Å². The molecule has 7 heteroatoms. The van der Waals surface area contributed by atoms with E-state index in [2.05, 4.69) is 16.9 Å². The summed E-state index contributed by atoms with van der Waals surface area (Å²) in [6, 6.07) is 14.2. The Labute approximate surface area is 179 Å². The van der Waals surface area contributed by atoms with Crippen molar-refractivity contribution in [3.8, 4) is 11.5 Å². The van der Waals surface area contributed by atoms with Gasteiger partial charge >= 0.3 is 6.36 Å². The van der Waals surface area contributed by atoms with Gasteiger partial charge in [0.2, 0.25) is 0 Å². The average molecular weight is 436 g/mol. The van der Waals surface area contributed by atoms with Crippen LogP contribution >= 0.6 is 0 Å². The van der Waals surface area contributed by atoms with E-state index in [1.165, 1.54) is 25.3 Å². The molecule has 1 spiro atoms. The molecule has 4 nitrogen and oxygen atoms in total. The molecule has 0 unspecified atom stereocenters. The molecule has 0 aromatic heterocycles. The standard InChI is InChI=1S/C24H27F3O4/c1-29-21-10-9-19(31-24(25,26)27)12-20(21)18-13-23(30-15-18)11-5-8-17(14-28)22(23)16-6-3-2-4-7-16/h2-4,6-7,9-10,12,17-18,22,28H,5,8,11,13-15H2,1H3/t17-,18+,22-,23-/m1/s1. The van der Waals surface area contributed by atoms with E-state index in [1.54, 1.807) is 0 Å². The lowest BCUT2D eigenvalue weighted by molar-refractivity contribution is -0.274. The van der Waals surface area contributed by atoms with Gasteiger partial charge in [-0.1, -0.05) is 36.8 Å². The van der Waals surface area contributed by atoms with Crippen molar-refractivity contribution in [2.45, 2.75) is 49.5 Å². The maximum atomic E-state index is 12.7. The highest BCUT2D eigenvalue weighted by atomic mass is 19.4. The number of hydrogen-bond donors (Lipinski definition) is 1. The first-order valence-electron chi connectivity index (χ1n) is 10.6. The molecule has 4 atom stereocenters. The molecule has 2 aromatic carbocycles. The summed E-state index contributed by atoms with van der Waals surface area (Å²) in [6.45, 7) is 0.459. The quantitative estimate of drug-likeness (QED) is 0.681. The van der Waals surface area contributed by atoms with Crippen LogP contribution in [0, 0.1) is 5.92 Å². The van der Waals surface area contributed by atoms with Crippen molar-refractivity contribution in [2.24, 2.45) is 5.92 Å². The second kappa shape index (κ2) is 8.71. The summed E-state index contributed by atoms with van der Waals surface area (Å²) < 4.78 is 54.2. The zero-order chi connectivity index (χ0) is 22.1. The Morgan fingerprint density at radius 3 is 2.61 bits per heavy atom. The molecule has 31 heavy (non-hydrogen) atoms. The van der Waals surface area contributed by atoms with Crippen molar-refractivity contribution in [1.29, 1.82) is 0 Å². The highest BCUT2D eigenvalue weighted by molar-refractivity contribution is 5.44. The maximum absolute atomic E-state index is 12.7. The molecule has 0 amide bonds. The molecule has 0 radical (unpaired) electrons. The number of halogens is 3. The summed E-state index contributed by atoms with van der Waals surface area (Å²) in [5, 5.41) is 10.1. The Kier molecular flexibility index (Phi) is 6.17. The van der Waals surface area contributed by atoms with Crippen LogP contribution in [0.2, 0.25) is 0 Å². The number of hydrogen-bond acceptors (Lipinski definition) is 4. The van der Waals surface area contributed by atoms with E-state index in [-0.39, 0.29) is 30.1 Å². The smallest absolute Gasteiger partial charge is 0.496 e. The fraction of sp³-hybridized carbons (Fsp3) is 0.500. The second-order valence-corrected chi connectivity index (χ2v) is 8.45. The molecule has 0 bridgehead atoms. The molecule has 2 aromatic rings. The average Bonchev–Trinajstić information content (AvgIpc) is 3.16. The highest BCUT2D eigenvalue weighted by Crippen LogP contribution is 2.55. The lowest BCUT2D eigenvalue weighted by Gasteiger charge is -2.45. The number of ether oxygens (including phenoxy) is 3. The lowest BCUT2D eigenvalue weighted by atomic mass is 9.64. The number of aliphatic hydroxyl groups is 1. The Hall–Kier alpha value is -2.25. The summed E-state index contributed by atoms with van der Waals surface area (Å²) in [4.78, 5) is 0. The molecule has 4 rings (SSSR count). The van der Waals surface area contributed by atoms with Gasteiger partial charge in [0.1, 0.15) is 11.5 Å². The van der Waals surface area contributed by atoms with Gasteiger partial charge in [0.25, 0.3) is 0 Å². The summed E-state index contributed by atoms with van der Waals surface area (Å²) in [5.41, 5.74) is 1.31. The van der Waals surface area contributed by atoms with Gasteiger partial charge in [-0.05, 0) is 48.9 Å². The van der Waals surface area contributed by atoms with E-state index in [0.29, 0.717) is 24.3 Å². The maximum Gasteiger partial charge on any atom is 0.573 e. The van der Waals surface area contributed by atoms with Crippen molar-refractivity contribution in [1.82, 2.24) is 0 Å². The number of methoxy groups -OCH3 is 1. The van der Waals surface area contributed by atoms with Crippen LogP contribution < -0.4 is 9.47 Å². The molecule has 168 valence electrons. The zero-order valence-electron chi connectivity index (χ0n) is 17.4. The Bertz CT molecular complexity index is 886. The van der Waals surface area contributed by atoms with E-state index in [9.17, 15) is 18.3 Å². The summed E-state index contributed by atoms with van der Waals surface area (Å²) in [5.74, 6) is 0.233. The van der Waals surface area contributed by atoms with Gasteiger partial charge in [-0.25, -0.2) is 0 Å². The van der Waals surface area contributed by atoms with Gasteiger partial charge in [0, 0.05) is 24.0 Å². The van der Waals surface area contributed by atoms with Crippen LogP contribution in [-0.4, -0.2) is 37.4 Å². The fourth-order valence-electron chi connectivity index (χ4n) is 5.47. The predicted molar refractivity (Wildman–Crippen MR) is 109 cm³/mol. The summed E-state index contributed by atoms with van der Waals surface area (Å²) in [6.07, 6.45) is -1.40. The molecule has 1 N–H and O–H groups in total. The first kappa shape index (κ1) is 22.0. The Balaban J connectivity index is 1.66. The zero-order valence-corrected chi connectivity index (χ0v) is 17.4. The van der Waals surface area contributed by atoms with Gasteiger partial charge in [-0.3, -0.25) is 0 Å². The van der Waals surface area contributed by atoms with Crippen LogP contribution in [0.3, 0.4) is 0 Å². The van der Waals surface area contributed by atoms with Gasteiger partial charge in [-0.15, -0.1) is 13.2 Å². The molecule has 1 heterocycles. The summed E-state index contributed by atoms with van der Waals surface area (Å²) >= 11 is 0. The van der Waals surface area contributed by atoms with E-state index in [1.807, 2.05) is 18.2 Å². The summed E-state index contributed by atoms with van der Waals surface area (Å²) in [7, 11) is 1.50. The Morgan fingerprint density at radius 2 is 1.94 bits per heavy atom. The molecule has 1 saturated carbocycles. The van der Waals surface area contributed by atoms with Crippen LogP contribution in [0.5, 0.6) is 11.5 Å². The van der Waals surface area contributed by atoms with Crippen molar-refractivity contribution < 1.29 is 32.5 Å². The van der Waals surface area contributed by atoms with Gasteiger partial charge in [0.15, 0.2) is 0 Å². The van der Waals surface area contributed by atoms with Gasteiger partial charge in [-0.2, -0.15) is 0 Å². The van der Waals surface area contributed by atoms with Crippen molar-refractivity contribution in [3.05, 3.63) is 59.7 Å². The largest absolute Gasteiger partial charge is 0.573 e. The molecular weight excluding hydrogens is 409 g/mol. The Morgan fingerprint density at radius 1 is 1.16 bits per heavy atom. The van der Waals surface area contributed by atoms with Crippen LogP contribution in [0.1, 0.15) is 48.6 Å². The minimum Gasteiger partial charge on any atom is -0.496 e. The number of aliphatic hydroxyl groups excluding tert-OH is 1. The van der Waals surface area contributed by atoms with E-state index in [0.717, 1.165) is 24.8 Å². The molecule has 2 fully saturated rings. The first-order chi connectivity index (χ1) is 14.8. The second-order valence-electron chi connectivity index (χ2n) is 8.45. The molecule has 1 aliphatic carbocycles. The minimum absolute atomic E-state index is 0.0260. The predicted octanol–water partition coefficient (Wildman–Crippen LogP) is 5.41. The molecular formula is C24H27F3O4. The third-order valence-electron chi connectivity index (χ3n) is 6.64. The SMILES string of the molecule is COc1ccc(OC(F)(F)F)cc1[C@@H]1CO[C@]2(CCC[C@H](CO)[C@H]2c2ccccc2)C1. The highest BCUT2D eigenvalue weighted by Gasteiger charge is 2.52. The van der Waals surface area contributed by atoms with Crippen LogP contribution in [0.25, 0.3) is 0 Å². The number of alkyl halides is 3. The van der Waals surface area contributed by atoms with Crippen molar-refractivity contribution >= 4 is 0 Å². The molecule has 1 saturated heterocycles. The van der Waals surface area contributed by atoms with Crippen LogP contribution in [0.4, 0.5) is 13.2 Å². The van der Waals surface area contributed by atoms with Crippen molar-refractivity contribution in [3.63, 3.8) is 0 Å². The number of benzene rings is 2. The lowest BCUT2D eigenvalue weighted by Crippen LogP contribution is -2.44. The number of rotatable bonds is 5. The van der Waals surface area contributed by atoms with E-state index in [4.69, 9.17) is 9.47 Å². The van der Waals surface area contributed by atoms with Gasteiger partial charge < -0.3 is 19.3 Å². The van der Waals surface area contributed by atoms with Gasteiger partial charge in [0.05, 0.1) is 19.3 Å².